The Morgan fingerprint density at radius 3 is 2.81 bits per heavy atom. The van der Waals surface area contributed by atoms with E-state index in [-0.39, 0.29) is 22.6 Å². The lowest BCUT2D eigenvalue weighted by Gasteiger charge is -2.32. The summed E-state index contributed by atoms with van der Waals surface area (Å²) in [7, 11) is 1.73. The maximum Gasteiger partial charge on any atom is 0.293 e. The smallest absolute Gasteiger partial charge is 0.293 e. The minimum atomic E-state index is -0.381. The lowest BCUT2D eigenvalue weighted by atomic mass is 9.99. The summed E-state index contributed by atoms with van der Waals surface area (Å²) >= 11 is 1.59. The number of carbonyl (C=O) groups excluding carboxylic acids is 1. The molecule has 0 radical (unpaired) electrons. The van der Waals surface area contributed by atoms with Gasteiger partial charge in [0.25, 0.3) is 11.6 Å². The van der Waals surface area contributed by atoms with Crippen LogP contribution < -0.4 is 4.90 Å². The van der Waals surface area contributed by atoms with E-state index in [2.05, 4.69) is 11.8 Å². The Hall–Kier alpha value is -2.41. The van der Waals surface area contributed by atoms with E-state index >= 15 is 0 Å². The number of nitrogens with zero attached hydrogens (tertiary/aromatic N) is 3. The van der Waals surface area contributed by atoms with Gasteiger partial charge in [0.05, 0.1) is 11.0 Å². The molecule has 144 valence electrons. The molecule has 3 rings (SSSR count). The number of nitro groups is 1. The fourth-order valence-electron chi connectivity index (χ4n) is 3.58. The van der Waals surface area contributed by atoms with Crippen molar-refractivity contribution < 1.29 is 9.72 Å². The number of benzene rings is 1. The van der Waals surface area contributed by atoms with Gasteiger partial charge < -0.3 is 9.80 Å². The number of anilines is 1. The molecule has 6 nitrogen and oxygen atoms in total. The molecule has 1 aromatic carbocycles. The summed E-state index contributed by atoms with van der Waals surface area (Å²) < 4.78 is 0. The van der Waals surface area contributed by atoms with Gasteiger partial charge in [-0.1, -0.05) is 13.0 Å². The van der Waals surface area contributed by atoms with Gasteiger partial charge in [0.15, 0.2) is 0 Å². The molecular formula is C20H25N3O3S. The van der Waals surface area contributed by atoms with Crippen molar-refractivity contribution in [3.63, 3.8) is 0 Å². The first-order valence-electron chi connectivity index (χ1n) is 9.22. The molecule has 0 unspecified atom stereocenters. The lowest BCUT2D eigenvalue weighted by Crippen LogP contribution is -2.34. The summed E-state index contributed by atoms with van der Waals surface area (Å²) in [5.41, 5.74) is 0.964. The number of rotatable bonds is 5. The SMILES string of the molecule is C[C@@H]1CCCN(c2ccc(C(=O)N(C)[C@H](C)c3cccs3)cc2[N+](=O)[O-])C1. The third-order valence-electron chi connectivity index (χ3n) is 5.27. The average molecular weight is 388 g/mol. The molecule has 7 heteroatoms. The van der Waals surface area contributed by atoms with Crippen molar-refractivity contribution in [2.24, 2.45) is 5.92 Å². The van der Waals surface area contributed by atoms with E-state index < -0.39 is 0 Å². The second kappa shape index (κ2) is 8.08. The molecule has 27 heavy (non-hydrogen) atoms. The van der Waals surface area contributed by atoms with Crippen LogP contribution in [-0.4, -0.2) is 35.9 Å². The number of thiophene rings is 1. The number of carbonyl (C=O) groups is 1. The van der Waals surface area contributed by atoms with Crippen LogP contribution in [0.4, 0.5) is 11.4 Å². The van der Waals surface area contributed by atoms with Crippen molar-refractivity contribution in [2.75, 3.05) is 25.0 Å². The van der Waals surface area contributed by atoms with Gasteiger partial charge in [0, 0.05) is 36.6 Å². The van der Waals surface area contributed by atoms with Crippen LogP contribution in [0.2, 0.25) is 0 Å². The molecule has 0 N–H and O–H groups in total. The number of piperidine rings is 1. The normalized spacial score (nSPS) is 18.2. The van der Waals surface area contributed by atoms with Gasteiger partial charge in [-0.3, -0.25) is 14.9 Å². The van der Waals surface area contributed by atoms with E-state index in [0.717, 1.165) is 30.8 Å². The predicted octanol–water partition coefficient (Wildman–Crippen LogP) is 4.73. The van der Waals surface area contributed by atoms with Crippen LogP contribution in [0, 0.1) is 16.0 Å². The zero-order chi connectivity index (χ0) is 19.6. The highest BCUT2D eigenvalue weighted by Gasteiger charge is 2.27. The van der Waals surface area contributed by atoms with Gasteiger partial charge >= 0.3 is 0 Å². The van der Waals surface area contributed by atoms with Crippen molar-refractivity contribution in [3.8, 4) is 0 Å². The number of nitro benzene ring substituents is 1. The Bertz CT molecular complexity index is 822. The fourth-order valence-corrected chi connectivity index (χ4v) is 4.40. The molecule has 0 aliphatic carbocycles. The van der Waals surface area contributed by atoms with Crippen LogP contribution in [-0.2, 0) is 0 Å². The van der Waals surface area contributed by atoms with Crippen LogP contribution in [0.5, 0.6) is 0 Å². The van der Waals surface area contributed by atoms with E-state index in [9.17, 15) is 14.9 Å². The standard InChI is InChI=1S/C20H25N3O3S/c1-14-6-4-10-22(13-14)17-9-8-16(12-18(17)23(25)26)20(24)21(3)15(2)19-7-5-11-27-19/h5,7-9,11-12,14-15H,4,6,10,13H2,1-3H3/t14-,15-/m1/s1. The first-order chi connectivity index (χ1) is 12.9. The van der Waals surface area contributed by atoms with E-state index in [4.69, 9.17) is 0 Å². The third kappa shape index (κ3) is 4.13. The minimum absolute atomic E-state index is 0.00660. The molecule has 1 saturated heterocycles. The second-order valence-electron chi connectivity index (χ2n) is 7.26. The first kappa shape index (κ1) is 19.4. The molecule has 0 bridgehead atoms. The van der Waals surface area contributed by atoms with Crippen LogP contribution in [0.15, 0.2) is 35.7 Å². The number of amides is 1. The van der Waals surface area contributed by atoms with Gasteiger partial charge in [-0.2, -0.15) is 0 Å². The van der Waals surface area contributed by atoms with Crippen molar-refractivity contribution in [1.82, 2.24) is 4.90 Å². The zero-order valence-corrected chi connectivity index (χ0v) is 16.7. The first-order valence-corrected chi connectivity index (χ1v) is 10.1. The quantitative estimate of drug-likeness (QED) is 0.550. The third-order valence-corrected chi connectivity index (χ3v) is 6.32. The summed E-state index contributed by atoms with van der Waals surface area (Å²) in [5.74, 6) is 0.301. The monoisotopic (exact) mass is 387 g/mol. The molecule has 2 heterocycles. The van der Waals surface area contributed by atoms with Gasteiger partial charge in [0.1, 0.15) is 5.69 Å². The Balaban J connectivity index is 1.87. The maximum atomic E-state index is 12.9. The largest absolute Gasteiger partial charge is 0.366 e. The van der Waals surface area contributed by atoms with Gasteiger partial charge in [0.2, 0.25) is 0 Å². The minimum Gasteiger partial charge on any atom is -0.366 e. The Morgan fingerprint density at radius 2 is 2.19 bits per heavy atom. The van der Waals surface area contributed by atoms with Crippen molar-refractivity contribution >= 4 is 28.6 Å². The molecule has 1 aromatic heterocycles. The second-order valence-corrected chi connectivity index (χ2v) is 8.24. The van der Waals surface area contributed by atoms with E-state index in [1.54, 1.807) is 35.4 Å². The maximum absolute atomic E-state index is 12.9. The Labute approximate surface area is 163 Å². The summed E-state index contributed by atoms with van der Waals surface area (Å²) in [6, 6.07) is 8.72. The van der Waals surface area contributed by atoms with Crippen LogP contribution in [0.1, 0.15) is 48.0 Å². The molecule has 2 atom stereocenters. The zero-order valence-electron chi connectivity index (χ0n) is 15.9. The van der Waals surface area contributed by atoms with Crippen molar-refractivity contribution in [3.05, 3.63) is 56.3 Å². The highest BCUT2D eigenvalue weighted by Crippen LogP contribution is 2.33. The topological polar surface area (TPSA) is 66.7 Å². The van der Waals surface area contributed by atoms with Gasteiger partial charge in [-0.25, -0.2) is 0 Å². The molecule has 1 fully saturated rings. The highest BCUT2D eigenvalue weighted by atomic mass is 32.1. The van der Waals surface area contributed by atoms with Crippen LogP contribution in [0.3, 0.4) is 0 Å². The molecule has 1 amide bonds. The predicted molar refractivity (Wildman–Crippen MR) is 109 cm³/mol. The Kier molecular flexibility index (Phi) is 5.79. The summed E-state index contributed by atoms with van der Waals surface area (Å²) in [6.07, 6.45) is 2.17. The molecule has 0 spiro atoms. The highest BCUT2D eigenvalue weighted by molar-refractivity contribution is 7.10. The van der Waals surface area contributed by atoms with Crippen molar-refractivity contribution in [1.29, 1.82) is 0 Å². The van der Waals surface area contributed by atoms with Crippen LogP contribution >= 0.6 is 11.3 Å². The van der Waals surface area contributed by atoms with Crippen molar-refractivity contribution in [2.45, 2.75) is 32.7 Å². The number of hydrogen-bond donors (Lipinski definition) is 0. The molecule has 2 aromatic rings. The number of hydrogen-bond acceptors (Lipinski definition) is 5. The molecule has 0 saturated carbocycles. The molecular weight excluding hydrogens is 362 g/mol. The van der Waals surface area contributed by atoms with E-state index in [1.165, 1.54) is 6.07 Å². The Morgan fingerprint density at radius 1 is 1.41 bits per heavy atom. The fraction of sp³-hybridized carbons (Fsp3) is 0.450. The van der Waals surface area contributed by atoms with E-state index in [0.29, 0.717) is 17.2 Å². The summed E-state index contributed by atoms with van der Waals surface area (Å²) in [4.78, 5) is 29.0. The average Bonchev–Trinajstić information content (AvgIpc) is 3.20. The van der Waals surface area contributed by atoms with E-state index in [1.807, 2.05) is 24.4 Å². The van der Waals surface area contributed by atoms with Gasteiger partial charge in [-0.05, 0) is 49.3 Å². The summed E-state index contributed by atoms with van der Waals surface area (Å²) in [6.45, 7) is 5.75. The van der Waals surface area contributed by atoms with Crippen LogP contribution in [0.25, 0.3) is 0 Å². The van der Waals surface area contributed by atoms with Gasteiger partial charge in [-0.15, -0.1) is 11.3 Å². The lowest BCUT2D eigenvalue weighted by molar-refractivity contribution is -0.384. The molecule has 1 aliphatic heterocycles. The summed E-state index contributed by atoms with van der Waals surface area (Å²) in [5, 5.41) is 13.6. The molecule has 1 aliphatic rings.